The molecule has 0 saturated carbocycles. The van der Waals surface area contributed by atoms with Gasteiger partial charge in [-0.25, -0.2) is 0 Å². The van der Waals surface area contributed by atoms with Gasteiger partial charge in [-0.1, -0.05) is 36.4 Å². The Hall–Kier alpha value is -3.48. The standard InChI is InChI=1S/C19H18N4O3/c1-14-4-2-5-17(18(14)23(25)26)19(24)20-12-15-6-8-16(9-7-15)13-22-11-3-10-21-22/h2-11H,12-13H2,1H3,(H,20,24). The van der Waals surface area contributed by atoms with Gasteiger partial charge in [0, 0.05) is 24.5 Å². The lowest BCUT2D eigenvalue weighted by Crippen LogP contribution is -2.24. The zero-order valence-corrected chi connectivity index (χ0v) is 14.3. The number of nitro benzene ring substituents is 1. The quantitative estimate of drug-likeness (QED) is 0.546. The maximum absolute atomic E-state index is 12.3. The highest BCUT2D eigenvalue weighted by Gasteiger charge is 2.21. The predicted octanol–water partition coefficient (Wildman–Crippen LogP) is 3.08. The van der Waals surface area contributed by atoms with Gasteiger partial charge in [0.1, 0.15) is 5.56 Å². The molecular weight excluding hydrogens is 332 g/mol. The first kappa shape index (κ1) is 17.3. The summed E-state index contributed by atoms with van der Waals surface area (Å²) in [5, 5.41) is 18.1. The molecule has 0 bridgehead atoms. The number of nitro groups is 1. The molecule has 1 N–H and O–H groups in total. The van der Waals surface area contributed by atoms with Crippen LogP contribution in [-0.2, 0) is 13.1 Å². The van der Waals surface area contributed by atoms with Crippen molar-refractivity contribution in [2.75, 3.05) is 0 Å². The Morgan fingerprint density at radius 2 is 1.88 bits per heavy atom. The number of hydrogen-bond donors (Lipinski definition) is 1. The van der Waals surface area contributed by atoms with Crippen molar-refractivity contribution >= 4 is 11.6 Å². The topological polar surface area (TPSA) is 90.1 Å². The van der Waals surface area contributed by atoms with E-state index >= 15 is 0 Å². The normalized spacial score (nSPS) is 10.5. The summed E-state index contributed by atoms with van der Waals surface area (Å²) in [5.74, 6) is -0.457. The summed E-state index contributed by atoms with van der Waals surface area (Å²) in [6, 6.07) is 14.4. The first-order valence-electron chi connectivity index (χ1n) is 8.12. The first-order valence-corrected chi connectivity index (χ1v) is 8.12. The van der Waals surface area contributed by atoms with Crippen LogP contribution in [0.15, 0.2) is 60.9 Å². The van der Waals surface area contributed by atoms with E-state index in [0.29, 0.717) is 18.7 Å². The second-order valence-corrected chi connectivity index (χ2v) is 5.93. The summed E-state index contributed by atoms with van der Waals surface area (Å²) in [6.07, 6.45) is 3.62. The Kier molecular flexibility index (Phi) is 5.07. The number of carbonyl (C=O) groups excluding carboxylic acids is 1. The minimum atomic E-state index is -0.520. The SMILES string of the molecule is Cc1cccc(C(=O)NCc2ccc(Cn3cccn3)cc2)c1[N+](=O)[O-]. The average molecular weight is 350 g/mol. The molecule has 1 amide bonds. The Labute approximate surface area is 150 Å². The van der Waals surface area contributed by atoms with Gasteiger partial charge in [-0.3, -0.25) is 19.6 Å². The molecule has 0 aliphatic carbocycles. The van der Waals surface area contributed by atoms with Gasteiger partial charge in [0.15, 0.2) is 0 Å². The van der Waals surface area contributed by atoms with Crippen LogP contribution in [0.5, 0.6) is 0 Å². The maximum atomic E-state index is 12.3. The van der Waals surface area contributed by atoms with E-state index < -0.39 is 10.8 Å². The molecule has 0 unspecified atom stereocenters. The second-order valence-electron chi connectivity index (χ2n) is 5.93. The molecule has 7 heteroatoms. The molecule has 7 nitrogen and oxygen atoms in total. The number of carbonyl (C=O) groups is 1. The first-order chi connectivity index (χ1) is 12.5. The molecule has 0 radical (unpaired) electrons. The highest BCUT2D eigenvalue weighted by Crippen LogP contribution is 2.23. The fraction of sp³-hybridized carbons (Fsp3) is 0.158. The van der Waals surface area contributed by atoms with Crippen LogP contribution in [0.25, 0.3) is 0 Å². The fourth-order valence-corrected chi connectivity index (χ4v) is 2.71. The molecule has 2 aromatic carbocycles. The molecule has 3 aromatic rings. The van der Waals surface area contributed by atoms with Crippen molar-refractivity contribution in [1.29, 1.82) is 0 Å². The Bertz CT molecular complexity index is 918. The van der Waals surface area contributed by atoms with Crippen LogP contribution in [0, 0.1) is 17.0 Å². The summed E-state index contributed by atoms with van der Waals surface area (Å²) in [7, 11) is 0. The molecule has 0 fully saturated rings. The Morgan fingerprint density at radius 1 is 1.15 bits per heavy atom. The number of para-hydroxylation sites is 1. The number of rotatable bonds is 6. The monoisotopic (exact) mass is 350 g/mol. The van der Waals surface area contributed by atoms with Crippen LogP contribution in [0.4, 0.5) is 5.69 Å². The summed E-state index contributed by atoms with van der Waals surface area (Å²) < 4.78 is 1.83. The van der Waals surface area contributed by atoms with Crippen molar-refractivity contribution in [3.05, 3.63) is 93.3 Å². The smallest absolute Gasteiger partial charge is 0.285 e. The minimum Gasteiger partial charge on any atom is -0.348 e. The number of aryl methyl sites for hydroxylation is 1. The van der Waals surface area contributed by atoms with Crippen LogP contribution >= 0.6 is 0 Å². The molecule has 0 atom stereocenters. The highest BCUT2D eigenvalue weighted by molar-refractivity contribution is 5.98. The lowest BCUT2D eigenvalue weighted by Gasteiger charge is -2.08. The van der Waals surface area contributed by atoms with Crippen molar-refractivity contribution in [2.45, 2.75) is 20.0 Å². The molecule has 0 saturated heterocycles. The van der Waals surface area contributed by atoms with Gasteiger partial charge in [-0.05, 0) is 30.2 Å². The largest absolute Gasteiger partial charge is 0.348 e. The maximum Gasteiger partial charge on any atom is 0.285 e. The van der Waals surface area contributed by atoms with Gasteiger partial charge in [0.25, 0.3) is 11.6 Å². The lowest BCUT2D eigenvalue weighted by atomic mass is 10.1. The van der Waals surface area contributed by atoms with Crippen LogP contribution in [0.2, 0.25) is 0 Å². The number of benzene rings is 2. The molecule has 132 valence electrons. The summed E-state index contributed by atoms with van der Waals surface area (Å²) in [6.45, 7) is 2.59. The van der Waals surface area contributed by atoms with E-state index in [1.165, 1.54) is 6.07 Å². The second kappa shape index (κ2) is 7.60. The number of nitrogens with one attached hydrogen (secondary N) is 1. The van der Waals surface area contributed by atoms with E-state index in [2.05, 4.69) is 10.4 Å². The van der Waals surface area contributed by atoms with E-state index in [9.17, 15) is 14.9 Å². The van der Waals surface area contributed by atoms with Crippen LogP contribution in [-0.4, -0.2) is 20.6 Å². The molecular formula is C19H18N4O3. The van der Waals surface area contributed by atoms with Crippen molar-refractivity contribution in [1.82, 2.24) is 15.1 Å². The lowest BCUT2D eigenvalue weighted by molar-refractivity contribution is -0.385. The highest BCUT2D eigenvalue weighted by atomic mass is 16.6. The van der Waals surface area contributed by atoms with E-state index in [0.717, 1.165) is 11.1 Å². The number of amides is 1. The van der Waals surface area contributed by atoms with Gasteiger partial charge in [0.05, 0.1) is 11.5 Å². The van der Waals surface area contributed by atoms with E-state index in [1.807, 2.05) is 41.2 Å². The molecule has 0 aliphatic rings. The zero-order valence-electron chi connectivity index (χ0n) is 14.3. The zero-order chi connectivity index (χ0) is 18.5. The molecule has 0 spiro atoms. The molecule has 1 heterocycles. The van der Waals surface area contributed by atoms with Crippen molar-refractivity contribution < 1.29 is 9.72 Å². The molecule has 0 aliphatic heterocycles. The van der Waals surface area contributed by atoms with Gasteiger partial charge < -0.3 is 5.32 Å². The molecule has 3 rings (SSSR count). The average Bonchev–Trinajstić information content (AvgIpc) is 3.13. The van der Waals surface area contributed by atoms with E-state index in [1.54, 1.807) is 25.3 Å². The molecule has 26 heavy (non-hydrogen) atoms. The summed E-state index contributed by atoms with van der Waals surface area (Å²) in [5.41, 5.74) is 2.39. The third kappa shape index (κ3) is 3.94. The minimum absolute atomic E-state index is 0.0744. The van der Waals surface area contributed by atoms with Crippen LogP contribution in [0.1, 0.15) is 27.0 Å². The Morgan fingerprint density at radius 3 is 2.54 bits per heavy atom. The van der Waals surface area contributed by atoms with Crippen LogP contribution < -0.4 is 5.32 Å². The molecule has 1 aromatic heterocycles. The third-order valence-electron chi connectivity index (χ3n) is 4.04. The van der Waals surface area contributed by atoms with Crippen molar-refractivity contribution in [3.63, 3.8) is 0 Å². The summed E-state index contributed by atoms with van der Waals surface area (Å²) in [4.78, 5) is 23.0. The predicted molar refractivity (Wildman–Crippen MR) is 96.8 cm³/mol. The fourth-order valence-electron chi connectivity index (χ4n) is 2.71. The Balaban J connectivity index is 1.65. The van der Waals surface area contributed by atoms with Crippen LogP contribution in [0.3, 0.4) is 0 Å². The van der Waals surface area contributed by atoms with Crippen molar-refractivity contribution in [3.8, 4) is 0 Å². The number of aromatic nitrogens is 2. The van der Waals surface area contributed by atoms with Gasteiger partial charge in [0.2, 0.25) is 0 Å². The van der Waals surface area contributed by atoms with Gasteiger partial charge in [-0.2, -0.15) is 5.10 Å². The van der Waals surface area contributed by atoms with E-state index in [4.69, 9.17) is 0 Å². The van der Waals surface area contributed by atoms with E-state index in [-0.39, 0.29) is 11.3 Å². The summed E-state index contributed by atoms with van der Waals surface area (Å²) >= 11 is 0. The van der Waals surface area contributed by atoms with Crippen molar-refractivity contribution in [2.24, 2.45) is 0 Å². The van der Waals surface area contributed by atoms with Gasteiger partial charge >= 0.3 is 0 Å². The van der Waals surface area contributed by atoms with Gasteiger partial charge in [-0.15, -0.1) is 0 Å². The third-order valence-corrected chi connectivity index (χ3v) is 4.04. The number of nitrogens with zero attached hydrogens (tertiary/aromatic N) is 3. The number of hydrogen-bond acceptors (Lipinski definition) is 4.